The van der Waals surface area contributed by atoms with Crippen molar-refractivity contribution in [1.29, 1.82) is 0 Å². The predicted molar refractivity (Wildman–Crippen MR) is 68.9 cm³/mol. The summed E-state index contributed by atoms with van der Waals surface area (Å²) in [5.74, 6) is 0. The Kier molecular flexibility index (Phi) is 14.8. The summed E-state index contributed by atoms with van der Waals surface area (Å²) < 4.78 is 10.3. The van der Waals surface area contributed by atoms with Gasteiger partial charge in [0.2, 0.25) is 0 Å². The molecule has 0 heterocycles. The number of ether oxygens (including phenoxy) is 2. The second-order valence-electron chi connectivity index (χ2n) is 4.18. The summed E-state index contributed by atoms with van der Waals surface area (Å²) in [6.45, 7) is 3.50. The van der Waals surface area contributed by atoms with Gasteiger partial charge in [0.1, 0.15) is 0 Å². The van der Waals surface area contributed by atoms with E-state index in [1.807, 2.05) is 7.05 Å². The van der Waals surface area contributed by atoms with Crippen LogP contribution in [0.25, 0.3) is 0 Å². The predicted octanol–water partition coefficient (Wildman–Crippen LogP) is 2.60. The fourth-order valence-corrected chi connectivity index (χ4v) is 1.63. The average Bonchev–Trinajstić information content (AvgIpc) is 2.31. The molecule has 16 heavy (non-hydrogen) atoms. The van der Waals surface area contributed by atoms with E-state index < -0.39 is 0 Å². The van der Waals surface area contributed by atoms with E-state index in [0.717, 1.165) is 19.8 Å². The first-order chi connectivity index (χ1) is 7.91. The van der Waals surface area contributed by atoms with E-state index in [1.54, 1.807) is 7.11 Å². The lowest BCUT2D eigenvalue weighted by Gasteiger charge is -2.04. The van der Waals surface area contributed by atoms with E-state index >= 15 is 0 Å². The monoisotopic (exact) mass is 231 g/mol. The van der Waals surface area contributed by atoms with E-state index in [1.165, 1.54) is 44.9 Å². The number of rotatable bonds is 13. The number of hydrogen-bond acceptors (Lipinski definition) is 3. The van der Waals surface area contributed by atoms with Crippen LogP contribution in [0.3, 0.4) is 0 Å². The van der Waals surface area contributed by atoms with Crippen LogP contribution in [0.2, 0.25) is 0 Å². The second kappa shape index (κ2) is 14.9. The van der Waals surface area contributed by atoms with Gasteiger partial charge in [0.05, 0.1) is 13.2 Å². The van der Waals surface area contributed by atoms with Crippen molar-refractivity contribution in [1.82, 2.24) is 5.32 Å². The topological polar surface area (TPSA) is 30.5 Å². The molecule has 0 aliphatic heterocycles. The molecule has 0 saturated heterocycles. The third-order valence-corrected chi connectivity index (χ3v) is 2.65. The molecule has 98 valence electrons. The van der Waals surface area contributed by atoms with E-state index in [9.17, 15) is 0 Å². The fraction of sp³-hybridized carbons (Fsp3) is 1.00. The van der Waals surface area contributed by atoms with Crippen LogP contribution in [0.4, 0.5) is 0 Å². The Hall–Kier alpha value is -0.120. The Labute approximate surface area is 101 Å². The molecule has 0 bridgehead atoms. The molecule has 0 unspecified atom stereocenters. The smallest absolute Gasteiger partial charge is 0.0700 e. The summed E-state index contributed by atoms with van der Waals surface area (Å²) in [6, 6.07) is 0. The van der Waals surface area contributed by atoms with Gasteiger partial charge >= 0.3 is 0 Å². The highest BCUT2D eigenvalue weighted by molar-refractivity contribution is 4.47. The standard InChI is InChI=1S/C13H29NO2/c1-14-10-8-6-4-3-5-7-9-11-16-13-12-15-2/h14H,3-13H2,1-2H3. The van der Waals surface area contributed by atoms with Crippen LogP contribution in [0, 0.1) is 0 Å². The summed E-state index contributed by atoms with van der Waals surface area (Å²) in [7, 11) is 3.72. The summed E-state index contributed by atoms with van der Waals surface area (Å²) in [6.07, 6.45) is 9.29. The molecule has 3 nitrogen and oxygen atoms in total. The Balaban J connectivity index is 2.83. The minimum atomic E-state index is 0.714. The zero-order valence-corrected chi connectivity index (χ0v) is 11.1. The average molecular weight is 231 g/mol. The molecular formula is C13H29NO2. The first-order valence-corrected chi connectivity index (χ1v) is 6.63. The molecule has 0 atom stereocenters. The number of hydrogen-bond donors (Lipinski definition) is 1. The van der Waals surface area contributed by atoms with Gasteiger partial charge in [0.15, 0.2) is 0 Å². The van der Waals surface area contributed by atoms with Gasteiger partial charge in [0, 0.05) is 13.7 Å². The molecule has 0 radical (unpaired) electrons. The van der Waals surface area contributed by atoms with Gasteiger partial charge in [-0.2, -0.15) is 0 Å². The van der Waals surface area contributed by atoms with Crippen molar-refractivity contribution < 1.29 is 9.47 Å². The van der Waals surface area contributed by atoms with Crippen LogP contribution in [-0.2, 0) is 9.47 Å². The summed E-state index contributed by atoms with van der Waals surface area (Å²) >= 11 is 0. The van der Waals surface area contributed by atoms with Crippen molar-refractivity contribution in [2.45, 2.75) is 44.9 Å². The normalized spacial score (nSPS) is 10.9. The lowest BCUT2D eigenvalue weighted by molar-refractivity contribution is 0.0685. The maximum absolute atomic E-state index is 5.40. The Morgan fingerprint density at radius 1 is 0.750 bits per heavy atom. The largest absolute Gasteiger partial charge is 0.382 e. The van der Waals surface area contributed by atoms with Crippen molar-refractivity contribution in [2.24, 2.45) is 0 Å². The van der Waals surface area contributed by atoms with Crippen LogP contribution in [0.15, 0.2) is 0 Å². The zero-order valence-electron chi connectivity index (χ0n) is 11.1. The van der Waals surface area contributed by atoms with E-state index in [2.05, 4.69) is 5.32 Å². The highest BCUT2D eigenvalue weighted by Gasteiger charge is 1.92. The van der Waals surface area contributed by atoms with Gasteiger partial charge in [-0.3, -0.25) is 0 Å². The molecule has 0 aromatic heterocycles. The van der Waals surface area contributed by atoms with Crippen molar-refractivity contribution >= 4 is 0 Å². The molecule has 0 aromatic carbocycles. The minimum absolute atomic E-state index is 0.714. The molecule has 3 heteroatoms. The molecule has 1 N–H and O–H groups in total. The third-order valence-electron chi connectivity index (χ3n) is 2.65. The van der Waals surface area contributed by atoms with E-state index in [0.29, 0.717) is 6.61 Å². The van der Waals surface area contributed by atoms with Crippen molar-refractivity contribution in [3.05, 3.63) is 0 Å². The number of nitrogens with one attached hydrogen (secondary N) is 1. The Morgan fingerprint density at radius 3 is 2.00 bits per heavy atom. The Morgan fingerprint density at radius 2 is 1.38 bits per heavy atom. The molecule has 0 saturated carbocycles. The summed E-state index contributed by atoms with van der Waals surface area (Å²) in [5.41, 5.74) is 0. The van der Waals surface area contributed by atoms with Crippen molar-refractivity contribution in [2.75, 3.05) is 40.5 Å². The molecule has 0 amide bonds. The first kappa shape index (κ1) is 15.9. The SMILES string of the molecule is CNCCCCCCCCCOCCOC. The molecule has 0 spiro atoms. The van der Waals surface area contributed by atoms with E-state index in [-0.39, 0.29) is 0 Å². The second-order valence-corrected chi connectivity index (χ2v) is 4.18. The van der Waals surface area contributed by atoms with Crippen molar-refractivity contribution in [3.8, 4) is 0 Å². The third kappa shape index (κ3) is 13.9. The highest BCUT2D eigenvalue weighted by Crippen LogP contribution is 2.06. The van der Waals surface area contributed by atoms with Gasteiger partial charge in [-0.1, -0.05) is 32.1 Å². The molecule has 0 fully saturated rings. The van der Waals surface area contributed by atoms with Gasteiger partial charge in [0.25, 0.3) is 0 Å². The first-order valence-electron chi connectivity index (χ1n) is 6.63. The number of methoxy groups -OCH3 is 1. The van der Waals surface area contributed by atoms with Crippen LogP contribution >= 0.6 is 0 Å². The number of unbranched alkanes of at least 4 members (excludes halogenated alkanes) is 6. The summed E-state index contributed by atoms with van der Waals surface area (Å²) in [4.78, 5) is 0. The molecular weight excluding hydrogens is 202 g/mol. The summed E-state index contributed by atoms with van der Waals surface area (Å²) in [5, 5.41) is 3.18. The molecule has 0 aliphatic carbocycles. The van der Waals surface area contributed by atoms with Crippen LogP contribution in [0.5, 0.6) is 0 Å². The van der Waals surface area contributed by atoms with E-state index in [4.69, 9.17) is 9.47 Å². The van der Waals surface area contributed by atoms with Gasteiger partial charge < -0.3 is 14.8 Å². The van der Waals surface area contributed by atoms with Crippen LogP contribution in [-0.4, -0.2) is 40.5 Å². The Bertz CT molecular complexity index is 107. The minimum Gasteiger partial charge on any atom is -0.382 e. The lowest BCUT2D eigenvalue weighted by atomic mass is 10.1. The highest BCUT2D eigenvalue weighted by atomic mass is 16.5. The maximum Gasteiger partial charge on any atom is 0.0700 e. The van der Waals surface area contributed by atoms with Gasteiger partial charge in [-0.25, -0.2) is 0 Å². The molecule has 0 aromatic rings. The van der Waals surface area contributed by atoms with Crippen LogP contribution in [0.1, 0.15) is 44.9 Å². The van der Waals surface area contributed by atoms with Gasteiger partial charge in [-0.15, -0.1) is 0 Å². The lowest BCUT2D eigenvalue weighted by Crippen LogP contribution is -2.06. The molecule has 0 rings (SSSR count). The van der Waals surface area contributed by atoms with Crippen molar-refractivity contribution in [3.63, 3.8) is 0 Å². The van der Waals surface area contributed by atoms with Crippen LogP contribution < -0.4 is 5.32 Å². The van der Waals surface area contributed by atoms with Gasteiger partial charge in [-0.05, 0) is 26.4 Å². The quantitative estimate of drug-likeness (QED) is 0.494. The maximum atomic E-state index is 5.40. The zero-order chi connectivity index (χ0) is 11.9. The molecule has 0 aliphatic rings. The fourth-order valence-electron chi connectivity index (χ4n) is 1.63.